The van der Waals surface area contributed by atoms with Gasteiger partial charge in [0.05, 0.1) is 31.3 Å². The number of primary amides is 1. The van der Waals surface area contributed by atoms with Crippen molar-refractivity contribution in [3.05, 3.63) is 144 Å². The number of carbonyl (C=O) groups excluding carboxylic acids is 11. The molecule has 0 aliphatic heterocycles. The molecular weight excluding hydrogens is 1300 g/mol. The van der Waals surface area contributed by atoms with Crippen LogP contribution < -0.4 is 70.4 Å². The molecule has 5 aromatic rings. The number of hydrogen-bond donors (Lipinski definition) is 20. The monoisotopic (exact) mass is 1380 g/mol. The second-order valence-electron chi connectivity index (χ2n) is 23.0. The van der Waals surface area contributed by atoms with E-state index in [9.17, 15) is 68.4 Å². The van der Waals surface area contributed by atoms with Crippen molar-refractivity contribution in [2.75, 3.05) is 24.7 Å². The van der Waals surface area contributed by atoms with Crippen LogP contribution in [0.4, 0.5) is 0 Å². The Bertz CT molecular complexity index is 3480. The van der Waals surface area contributed by atoms with Crippen LogP contribution in [0.1, 0.15) is 61.8 Å². The maximum absolute atomic E-state index is 15.1. The Morgan fingerprint density at radius 3 is 1.25 bits per heavy atom. The zero-order valence-electron chi connectivity index (χ0n) is 53.4. The molecule has 30 nitrogen and oxygen atoms in total. The molecule has 21 N–H and O–H groups in total. The van der Waals surface area contributed by atoms with E-state index in [1.165, 1.54) is 0 Å². The number of benzene rings is 4. The molecule has 0 saturated heterocycles. The van der Waals surface area contributed by atoms with Crippen LogP contribution in [0.15, 0.2) is 121 Å². The molecule has 0 bridgehead atoms. The highest BCUT2D eigenvalue weighted by Gasteiger charge is 2.38. The number of fused-ring (bicyclic) bond motifs is 1. The molecule has 13 atom stereocenters. The van der Waals surface area contributed by atoms with Gasteiger partial charge in [-0.2, -0.15) is 25.3 Å². The number of nitrogens with two attached hydrogens (primary N) is 3. The van der Waals surface area contributed by atoms with E-state index in [-0.39, 0.29) is 56.6 Å². The Kier molecular flexibility index (Phi) is 31.9. The summed E-state index contributed by atoms with van der Waals surface area (Å²) in [4.78, 5) is 169. The number of aromatic nitrogens is 1. The number of carbonyl (C=O) groups is 12. The van der Waals surface area contributed by atoms with Crippen molar-refractivity contribution in [1.29, 1.82) is 0 Å². The van der Waals surface area contributed by atoms with E-state index < -0.39 is 163 Å². The summed E-state index contributed by atoms with van der Waals surface area (Å²) in [7, 11) is 0. The molecular formula is C65H86N14O16S2. The minimum absolute atomic E-state index is 0.119. The molecule has 5 rings (SSSR count). The van der Waals surface area contributed by atoms with E-state index in [0.717, 1.165) is 13.8 Å². The summed E-state index contributed by atoms with van der Waals surface area (Å²) in [5.74, 6) is -13.1. The average Bonchev–Trinajstić information content (AvgIpc) is 1.70. The highest BCUT2D eigenvalue weighted by Crippen LogP contribution is 2.20. The summed E-state index contributed by atoms with van der Waals surface area (Å²) in [5, 5.41) is 66.8. The van der Waals surface area contributed by atoms with E-state index in [4.69, 9.17) is 17.2 Å². The number of thiol groups is 2. The van der Waals surface area contributed by atoms with Gasteiger partial charge in [-0.25, -0.2) is 4.79 Å². The first-order chi connectivity index (χ1) is 46.3. The lowest BCUT2D eigenvalue weighted by Crippen LogP contribution is -2.63. The number of rotatable bonds is 40. The van der Waals surface area contributed by atoms with Gasteiger partial charge in [0.25, 0.3) is 0 Å². The fourth-order valence-corrected chi connectivity index (χ4v) is 10.4. The van der Waals surface area contributed by atoms with Crippen molar-refractivity contribution < 1.29 is 78.0 Å². The van der Waals surface area contributed by atoms with Gasteiger partial charge < -0.3 is 95.8 Å². The highest BCUT2D eigenvalue weighted by molar-refractivity contribution is 7.80. The van der Waals surface area contributed by atoms with Crippen molar-refractivity contribution in [1.82, 2.24) is 58.2 Å². The molecule has 4 aromatic carbocycles. The normalized spacial score (nSPS) is 15.2. The van der Waals surface area contributed by atoms with Crippen molar-refractivity contribution in [2.45, 2.75) is 144 Å². The number of carboxylic acid groups (broad SMARTS) is 1. The van der Waals surface area contributed by atoms with Crippen molar-refractivity contribution in [3.63, 3.8) is 0 Å². The number of aliphatic hydroxyl groups excluding tert-OH is 3. The number of amides is 11. The number of carboxylic acids is 1. The minimum atomic E-state index is -1.87. The molecule has 32 heteroatoms. The molecule has 0 saturated carbocycles. The third kappa shape index (κ3) is 24.9. The van der Waals surface area contributed by atoms with Crippen molar-refractivity contribution >= 4 is 107 Å². The molecule has 97 heavy (non-hydrogen) atoms. The van der Waals surface area contributed by atoms with Crippen LogP contribution in [-0.4, -0.2) is 200 Å². The number of unbranched alkanes of at least 4 members (excludes halogenated alkanes) is 1. The van der Waals surface area contributed by atoms with Crippen LogP contribution >= 0.6 is 25.3 Å². The molecule has 524 valence electrons. The first-order valence-electron chi connectivity index (χ1n) is 31.1. The van der Waals surface area contributed by atoms with Gasteiger partial charge in [-0.15, -0.1) is 0 Å². The number of para-hydroxylation sites is 1. The van der Waals surface area contributed by atoms with Gasteiger partial charge in [0.1, 0.15) is 60.4 Å². The molecule has 1 heterocycles. The average molecular weight is 1380 g/mol. The smallest absolute Gasteiger partial charge is 0.327 e. The van der Waals surface area contributed by atoms with E-state index >= 15 is 9.59 Å². The largest absolute Gasteiger partial charge is 0.480 e. The molecule has 1 aromatic heterocycles. The third-order valence-corrected chi connectivity index (χ3v) is 16.1. The molecule has 0 radical (unpaired) electrons. The van der Waals surface area contributed by atoms with E-state index in [1.54, 1.807) is 121 Å². The fourth-order valence-electron chi connectivity index (χ4n) is 10.0. The van der Waals surface area contributed by atoms with Crippen LogP contribution in [-0.2, 0) is 83.2 Å². The van der Waals surface area contributed by atoms with Crippen LogP contribution in [0.3, 0.4) is 0 Å². The Labute approximate surface area is 570 Å². The quantitative estimate of drug-likeness (QED) is 0.0133. The maximum Gasteiger partial charge on any atom is 0.327 e. The summed E-state index contributed by atoms with van der Waals surface area (Å²) in [6.07, 6.45) is -2.93. The topological polar surface area (TPSA) is 500 Å². The minimum Gasteiger partial charge on any atom is -0.480 e. The third-order valence-electron chi connectivity index (χ3n) is 15.4. The zero-order valence-corrected chi connectivity index (χ0v) is 55.1. The fraction of sp³-hybridized carbons (Fsp3) is 0.415. The molecule has 0 aliphatic rings. The number of H-pyrrole nitrogens is 1. The highest BCUT2D eigenvalue weighted by atomic mass is 32.1. The first kappa shape index (κ1) is 78.3. The Morgan fingerprint density at radius 1 is 0.454 bits per heavy atom. The Hall–Kier alpha value is -9.44. The second kappa shape index (κ2) is 39.6. The molecule has 11 amide bonds. The van der Waals surface area contributed by atoms with E-state index in [1.807, 2.05) is 0 Å². The zero-order chi connectivity index (χ0) is 71.3. The summed E-state index contributed by atoms with van der Waals surface area (Å²) in [6.45, 7) is 1.39. The van der Waals surface area contributed by atoms with E-state index in [0.29, 0.717) is 39.6 Å². The molecule has 0 unspecified atom stereocenters. The van der Waals surface area contributed by atoms with Crippen molar-refractivity contribution in [3.8, 4) is 0 Å². The standard InChI is InChI=1S/C65H86N14O16S2/c1-35(81)53(63(92)75-47(28-39-20-10-5-11-21-39)61(90)79-54(36(2)82)64(93)76-50(32-80)62(91)77-51(34-97)65(94)95)78-56(85)44(24-14-15-25-66)70-59(88)48(29-40-31-69-43-23-13-12-22-41(40)43)74-58(87)46(27-38-18-8-4-9-19-38)72-57(86)45(26-37-16-6-3-7-17-37)73-60(89)49(30-52(68)83)71-55(84)42(67)33-96/h3-13,16-23,31,35-36,42,44-51,53-54,69,80-82,96-97H,14-15,24-30,32-34,66-67H2,1-2H3,(H2,68,83)(H,70,88)(H,71,84)(H,72,86)(H,73,89)(H,74,87)(H,75,92)(H,76,93)(H,77,91)(H,78,85)(H,79,90)(H,94,95)/t35-,36-,42+,44+,45+,46+,47+,48-,49+,50+,51+,53+,54+/m1/s1. The van der Waals surface area contributed by atoms with Gasteiger partial charge >= 0.3 is 5.97 Å². The number of nitrogens with one attached hydrogen (secondary N) is 11. The summed E-state index contributed by atoms with van der Waals surface area (Å²) < 4.78 is 0. The van der Waals surface area contributed by atoms with Crippen LogP contribution in [0.2, 0.25) is 0 Å². The molecule has 0 aliphatic carbocycles. The first-order valence-corrected chi connectivity index (χ1v) is 32.4. The number of aliphatic hydroxyl groups is 3. The van der Waals surface area contributed by atoms with Gasteiger partial charge in [-0.1, -0.05) is 109 Å². The van der Waals surface area contributed by atoms with Crippen LogP contribution in [0, 0.1) is 0 Å². The Balaban J connectivity index is 1.46. The van der Waals surface area contributed by atoms with Crippen LogP contribution in [0.25, 0.3) is 10.9 Å². The predicted octanol–water partition coefficient (Wildman–Crippen LogP) is -3.68. The van der Waals surface area contributed by atoms with Gasteiger partial charge in [0.2, 0.25) is 65.0 Å². The lowest BCUT2D eigenvalue weighted by molar-refractivity contribution is -0.142. The van der Waals surface area contributed by atoms with Gasteiger partial charge in [-0.3, -0.25) is 52.7 Å². The molecule has 0 fully saturated rings. The summed E-state index contributed by atoms with van der Waals surface area (Å²) in [6, 6.07) is 14.7. The number of hydrogen-bond acceptors (Lipinski definition) is 19. The van der Waals surface area contributed by atoms with E-state index in [2.05, 4.69) is 83.4 Å². The predicted molar refractivity (Wildman–Crippen MR) is 362 cm³/mol. The van der Waals surface area contributed by atoms with Crippen LogP contribution in [0.5, 0.6) is 0 Å². The second-order valence-corrected chi connectivity index (χ2v) is 23.8. The van der Waals surface area contributed by atoms with Gasteiger partial charge in [0, 0.05) is 54.3 Å². The maximum atomic E-state index is 15.1. The van der Waals surface area contributed by atoms with Gasteiger partial charge in [0.15, 0.2) is 0 Å². The lowest BCUT2D eigenvalue weighted by Gasteiger charge is -2.29. The summed E-state index contributed by atoms with van der Waals surface area (Å²) in [5.41, 5.74) is 19.9. The lowest BCUT2D eigenvalue weighted by atomic mass is 10.00. The summed E-state index contributed by atoms with van der Waals surface area (Å²) >= 11 is 7.93. The number of aliphatic carboxylic acids is 1. The molecule has 0 spiro atoms. The Morgan fingerprint density at radius 2 is 0.825 bits per heavy atom. The SMILES string of the molecule is C[C@@H](O)[C@H](NC(=O)[C@H](Cc1ccccc1)NC(=O)[C@@H](NC(=O)[C@H](CCCCN)NC(=O)[C@@H](Cc1c[nH]c2ccccc12)NC(=O)[C@H](Cc1ccccc1)NC(=O)[C@H](Cc1ccccc1)NC(=O)[C@H](CC(N)=O)NC(=O)[C@@H](N)CS)[C@@H](C)O)C(=O)N[C@@H](CO)C(=O)N[C@@H](CS)C(=O)O. The van der Waals surface area contributed by atoms with Gasteiger partial charge in [-0.05, 0) is 68.0 Å². The van der Waals surface area contributed by atoms with Crippen molar-refractivity contribution in [2.24, 2.45) is 17.2 Å². The number of aromatic amines is 1.